The summed E-state index contributed by atoms with van der Waals surface area (Å²) in [7, 11) is 0. The first-order chi connectivity index (χ1) is 9.13. The Hall–Kier alpha value is -0.830. The number of hydrogen-bond acceptors (Lipinski definition) is 2. The minimum absolute atomic E-state index is 0.129. The van der Waals surface area contributed by atoms with Gasteiger partial charge in [0, 0.05) is 15.5 Å². The van der Waals surface area contributed by atoms with Crippen LogP contribution in [0.3, 0.4) is 0 Å². The monoisotopic (exact) mass is 324 g/mol. The van der Waals surface area contributed by atoms with Gasteiger partial charge >= 0.3 is 0 Å². The molecule has 0 spiro atoms. The van der Waals surface area contributed by atoms with Crippen molar-refractivity contribution in [3.8, 4) is 5.75 Å². The SMILES string of the molecule is CCOc1ccc(C(=O)C2(CC)CCCC2)c(Br)c1. The van der Waals surface area contributed by atoms with E-state index < -0.39 is 0 Å². The highest BCUT2D eigenvalue weighted by Crippen LogP contribution is 2.44. The Balaban J connectivity index is 2.28. The maximum atomic E-state index is 12.8. The van der Waals surface area contributed by atoms with Crippen LogP contribution in [0, 0.1) is 5.41 Å². The zero-order valence-corrected chi connectivity index (χ0v) is 13.3. The number of carbonyl (C=O) groups is 1. The van der Waals surface area contributed by atoms with Gasteiger partial charge in [-0.3, -0.25) is 4.79 Å². The van der Waals surface area contributed by atoms with Crippen molar-refractivity contribution in [3.05, 3.63) is 28.2 Å². The molecule has 0 amide bonds. The molecule has 0 atom stereocenters. The molecule has 2 nitrogen and oxygen atoms in total. The van der Waals surface area contributed by atoms with Gasteiger partial charge in [-0.25, -0.2) is 0 Å². The van der Waals surface area contributed by atoms with E-state index >= 15 is 0 Å². The first kappa shape index (κ1) is 14.6. The summed E-state index contributed by atoms with van der Waals surface area (Å²) in [6, 6.07) is 5.68. The Morgan fingerprint density at radius 1 is 1.32 bits per heavy atom. The average Bonchev–Trinajstić information content (AvgIpc) is 2.88. The summed E-state index contributed by atoms with van der Waals surface area (Å²) < 4.78 is 6.31. The Kier molecular flexibility index (Phi) is 4.67. The molecule has 0 N–H and O–H groups in total. The number of carbonyl (C=O) groups excluding carboxylic acids is 1. The van der Waals surface area contributed by atoms with Crippen LogP contribution < -0.4 is 4.74 Å². The molecule has 0 heterocycles. The molecule has 1 aliphatic carbocycles. The molecule has 0 saturated heterocycles. The molecule has 0 radical (unpaired) electrons. The highest BCUT2D eigenvalue weighted by Gasteiger charge is 2.40. The van der Waals surface area contributed by atoms with Gasteiger partial charge in [0.1, 0.15) is 5.75 Å². The van der Waals surface area contributed by atoms with Crippen LogP contribution in [-0.4, -0.2) is 12.4 Å². The molecule has 0 bridgehead atoms. The van der Waals surface area contributed by atoms with E-state index in [-0.39, 0.29) is 5.41 Å². The standard InChI is InChI=1S/C16H21BrO2/c1-3-16(9-5-6-10-16)15(18)13-8-7-12(19-4-2)11-14(13)17/h7-8,11H,3-6,9-10H2,1-2H3. The van der Waals surface area contributed by atoms with E-state index in [2.05, 4.69) is 22.9 Å². The number of benzene rings is 1. The number of ether oxygens (including phenoxy) is 1. The molecule has 0 unspecified atom stereocenters. The van der Waals surface area contributed by atoms with Gasteiger partial charge in [0.05, 0.1) is 6.61 Å². The highest BCUT2D eigenvalue weighted by atomic mass is 79.9. The number of ketones is 1. The third-order valence-electron chi connectivity index (χ3n) is 4.22. The van der Waals surface area contributed by atoms with Crippen LogP contribution in [-0.2, 0) is 0 Å². The summed E-state index contributed by atoms with van der Waals surface area (Å²) >= 11 is 3.52. The lowest BCUT2D eigenvalue weighted by atomic mass is 9.76. The molecule has 1 aromatic carbocycles. The van der Waals surface area contributed by atoms with E-state index in [1.165, 1.54) is 12.8 Å². The van der Waals surface area contributed by atoms with Crippen molar-refractivity contribution >= 4 is 21.7 Å². The molecule has 3 heteroatoms. The van der Waals surface area contributed by atoms with Crippen molar-refractivity contribution in [2.75, 3.05) is 6.61 Å². The maximum Gasteiger partial charge on any atom is 0.170 e. The maximum absolute atomic E-state index is 12.8. The van der Waals surface area contributed by atoms with E-state index in [0.717, 1.165) is 35.0 Å². The van der Waals surface area contributed by atoms with E-state index in [1.807, 2.05) is 25.1 Å². The van der Waals surface area contributed by atoms with E-state index in [1.54, 1.807) is 0 Å². The first-order valence-corrected chi connectivity index (χ1v) is 7.89. The molecule has 1 saturated carbocycles. The van der Waals surface area contributed by atoms with Crippen LogP contribution in [0.5, 0.6) is 5.75 Å². The minimum atomic E-state index is -0.129. The molecular weight excluding hydrogens is 304 g/mol. The number of rotatable bonds is 5. The number of halogens is 1. The summed E-state index contributed by atoms with van der Waals surface area (Å²) in [6.45, 7) is 4.72. The lowest BCUT2D eigenvalue weighted by Gasteiger charge is -2.26. The van der Waals surface area contributed by atoms with Crippen molar-refractivity contribution < 1.29 is 9.53 Å². The van der Waals surface area contributed by atoms with E-state index in [4.69, 9.17) is 4.74 Å². The normalized spacial score (nSPS) is 17.4. The fourth-order valence-corrected chi connectivity index (χ4v) is 3.55. The third kappa shape index (κ3) is 2.86. The largest absolute Gasteiger partial charge is 0.494 e. The van der Waals surface area contributed by atoms with Crippen molar-refractivity contribution in [1.82, 2.24) is 0 Å². The zero-order chi connectivity index (χ0) is 13.9. The summed E-state index contributed by atoms with van der Waals surface area (Å²) in [4.78, 5) is 12.8. The fraction of sp³-hybridized carbons (Fsp3) is 0.562. The van der Waals surface area contributed by atoms with Gasteiger partial charge in [0.25, 0.3) is 0 Å². The van der Waals surface area contributed by atoms with E-state index in [0.29, 0.717) is 12.4 Å². The van der Waals surface area contributed by atoms with Crippen molar-refractivity contribution in [3.63, 3.8) is 0 Å². The molecule has 2 rings (SSSR count). The van der Waals surface area contributed by atoms with E-state index in [9.17, 15) is 4.79 Å². The highest BCUT2D eigenvalue weighted by molar-refractivity contribution is 9.10. The summed E-state index contributed by atoms with van der Waals surface area (Å²) in [5.41, 5.74) is 0.669. The van der Waals surface area contributed by atoms with Crippen LogP contribution in [0.1, 0.15) is 56.3 Å². The van der Waals surface area contributed by atoms with Crippen LogP contribution in [0.25, 0.3) is 0 Å². The molecule has 1 aliphatic rings. The van der Waals surface area contributed by atoms with Gasteiger partial charge in [-0.1, -0.05) is 19.8 Å². The lowest BCUT2D eigenvalue weighted by Crippen LogP contribution is -2.27. The predicted molar refractivity (Wildman–Crippen MR) is 80.8 cm³/mol. The van der Waals surface area contributed by atoms with Gasteiger partial charge in [0.15, 0.2) is 5.78 Å². The van der Waals surface area contributed by atoms with Crippen molar-refractivity contribution in [2.45, 2.75) is 46.0 Å². The second-order valence-electron chi connectivity index (χ2n) is 5.24. The Labute approximate surface area is 123 Å². The average molecular weight is 325 g/mol. The Morgan fingerprint density at radius 2 is 2.00 bits per heavy atom. The van der Waals surface area contributed by atoms with Crippen LogP contribution in [0.2, 0.25) is 0 Å². The topological polar surface area (TPSA) is 26.3 Å². The molecular formula is C16H21BrO2. The van der Waals surface area contributed by atoms with Crippen LogP contribution in [0.4, 0.5) is 0 Å². The summed E-state index contributed by atoms with van der Waals surface area (Å²) in [5, 5.41) is 0. The van der Waals surface area contributed by atoms with Crippen LogP contribution in [0.15, 0.2) is 22.7 Å². The summed E-state index contributed by atoms with van der Waals surface area (Å²) in [6.07, 6.45) is 5.35. The lowest BCUT2D eigenvalue weighted by molar-refractivity contribution is 0.0790. The quantitative estimate of drug-likeness (QED) is 0.712. The smallest absolute Gasteiger partial charge is 0.170 e. The summed E-state index contributed by atoms with van der Waals surface area (Å²) in [5.74, 6) is 1.10. The molecule has 1 fully saturated rings. The zero-order valence-electron chi connectivity index (χ0n) is 11.7. The Bertz CT molecular complexity index is 462. The molecule has 19 heavy (non-hydrogen) atoms. The van der Waals surface area contributed by atoms with Gasteiger partial charge in [-0.05, 0) is 60.3 Å². The molecule has 104 valence electrons. The molecule has 0 aromatic heterocycles. The van der Waals surface area contributed by atoms with Crippen molar-refractivity contribution in [1.29, 1.82) is 0 Å². The third-order valence-corrected chi connectivity index (χ3v) is 4.87. The fourth-order valence-electron chi connectivity index (χ4n) is 3.02. The van der Waals surface area contributed by atoms with Gasteiger partial charge in [0.2, 0.25) is 0 Å². The van der Waals surface area contributed by atoms with Crippen LogP contribution >= 0.6 is 15.9 Å². The Morgan fingerprint density at radius 3 is 2.53 bits per heavy atom. The van der Waals surface area contributed by atoms with Gasteiger partial charge < -0.3 is 4.74 Å². The van der Waals surface area contributed by atoms with Gasteiger partial charge in [-0.2, -0.15) is 0 Å². The molecule has 0 aliphatic heterocycles. The molecule has 1 aromatic rings. The number of Topliss-reactive ketones (excluding diaryl/α,β-unsaturated/α-hetero) is 1. The minimum Gasteiger partial charge on any atom is -0.494 e. The van der Waals surface area contributed by atoms with Gasteiger partial charge in [-0.15, -0.1) is 0 Å². The second-order valence-corrected chi connectivity index (χ2v) is 6.10. The first-order valence-electron chi connectivity index (χ1n) is 7.10. The van der Waals surface area contributed by atoms with Crippen molar-refractivity contribution in [2.24, 2.45) is 5.41 Å². The predicted octanol–water partition coefficient (Wildman–Crippen LogP) is 5.00. The number of hydrogen-bond donors (Lipinski definition) is 0. The second kappa shape index (κ2) is 6.08.